The Morgan fingerprint density at radius 1 is 1.18 bits per heavy atom. The number of urea groups is 1. The SMILES string of the molecule is CCNC(=NCc1ccc(NC(=O)NC(C)C)cc1)NCCN1CCOCC1. The minimum atomic E-state index is -0.195. The van der Waals surface area contributed by atoms with E-state index in [4.69, 9.17) is 4.74 Å². The van der Waals surface area contributed by atoms with Gasteiger partial charge in [-0.15, -0.1) is 0 Å². The summed E-state index contributed by atoms with van der Waals surface area (Å²) >= 11 is 0. The quantitative estimate of drug-likeness (QED) is 0.400. The van der Waals surface area contributed by atoms with Crippen LogP contribution in [0.1, 0.15) is 26.3 Å². The number of guanidine groups is 1. The molecule has 0 aromatic heterocycles. The Balaban J connectivity index is 1.79. The maximum Gasteiger partial charge on any atom is 0.319 e. The highest BCUT2D eigenvalue weighted by molar-refractivity contribution is 5.89. The number of rotatable bonds is 8. The third-order valence-electron chi connectivity index (χ3n) is 4.22. The number of morpholine rings is 1. The molecule has 0 saturated carbocycles. The first-order valence-electron chi connectivity index (χ1n) is 10.1. The van der Waals surface area contributed by atoms with E-state index in [2.05, 4.69) is 38.1 Å². The number of nitrogens with zero attached hydrogens (tertiary/aromatic N) is 2. The minimum absolute atomic E-state index is 0.105. The molecule has 1 aromatic carbocycles. The Kier molecular flexibility index (Phi) is 9.57. The molecule has 8 heteroatoms. The first-order chi connectivity index (χ1) is 13.6. The zero-order chi connectivity index (χ0) is 20.2. The van der Waals surface area contributed by atoms with Gasteiger partial charge in [-0.3, -0.25) is 4.90 Å². The van der Waals surface area contributed by atoms with Crippen LogP contribution in [0.5, 0.6) is 0 Å². The van der Waals surface area contributed by atoms with Crippen molar-refractivity contribution in [2.24, 2.45) is 4.99 Å². The molecule has 28 heavy (non-hydrogen) atoms. The Bertz CT molecular complexity index is 612. The molecule has 0 aliphatic carbocycles. The predicted octanol–water partition coefficient (Wildman–Crippen LogP) is 1.60. The summed E-state index contributed by atoms with van der Waals surface area (Å²) in [4.78, 5) is 18.8. The molecule has 2 rings (SSSR count). The van der Waals surface area contributed by atoms with E-state index in [0.29, 0.717) is 6.54 Å². The zero-order valence-corrected chi connectivity index (χ0v) is 17.3. The smallest absolute Gasteiger partial charge is 0.319 e. The molecule has 1 aromatic rings. The molecular weight excluding hydrogens is 356 g/mol. The van der Waals surface area contributed by atoms with Crippen LogP contribution in [0.3, 0.4) is 0 Å². The number of ether oxygens (including phenoxy) is 1. The van der Waals surface area contributed by atoms with Crippen LogP contribution in [0.25, 0.3) is 0 Å². The van der Waals surface area contributed by atoms with Crippen LogP contribution in [0.2, 0.25) is 0 Å². The number of anilines is 1. The van der Waals surface area contributed by atoms with Gasteiger partial charge in [0.25, 0.3) is 0 Å². The highest BCUT2D eigenvalue weighted by Crippen LogP contribution is 2.10. The second kappa shape index (κ2) is 12.2. The number of aliphatic imine (C=N–C) groups is 1. The number of hydrogen-bond donors (Lipinski definition) is 4. The van der Waals surface area contributed by atoms with E-state index < -0.39 is 0 Å². The van der Waals surface area contributed by atoms with Crippen molar-refractivity contribution >= 4 is 17.7 Å². The fourth-order valence-corrected chi connectivity index (χ4v) is 2.79. The summed E-state index contributed by atoms with van der Waals surface area (Å²) in [6, 6.07) is 7.65. The second-order valence-corrected chi connectivity index (χ2v) is 7.03. The van der Waals surface area contributed by atoms with Crippen molar-refractivity contribution in [3.8, 4) is 0 Å². The molecule has 1 saturated heterocycles. The van der Waals surface area contributed by atoms with Crippen molar-refractivity contribution in [2.75, 3.05) is 51.3 Å². The van der Waals surface area contributed by atoms with Crippen LogP contribution < -0.4 is 21.3 Å². The Morgan fingerprint density at radius 3 is 2.54 bits per heavy atom. The Hall–Kier alpha value is -2.32. The van der Waals surface area contributed by atoms with Crippen molar-refractivity contribution < 1.29 is 9.53 Å². The second-order valence-electron chi connectivity index (χ2n) is 7.03. The van der Waals surface area contributed by atoms with Crippen molar-refractivity contribution in [2.45, 2.75) is 33.4 Å². The van der Waals surface area contributed by atoms with Gasteiger partial charge in [0.2, 0.25) is 0 Å². The van der Waals surface area contributed by atoms with E-state index >= 15 is 0 Å². The number of carbonyl (C=O) groups excluding carboxylic acids is 1. The van der Waals surface area contributed by atoms with Crippen LogP contribution in [-0.4, -0.2) is 68.9 Å². The van der Waals surface area contributed by atoms with Gasteiger partial charge in [-0.2, -0.15) is 0 Å². The summed E-state index contributed by atoms with van der Waals surface area (Å²) in [6.07, 6.45) is 0. The monoisotopic (exact) mass is 390 g/mol. The predicted molar refractivity (Wildman–Crippen MR) is 114 cm³/mol. The average molecular weight is 391 g/mol. The van der Waals surface area contributed by atoms with Gasteiger partial charge < -0.3 is 26.0 Å². The Morgan fingerprint density at radius 2 is 1.89 bits per heavy atom. The molecule has 4 N–H and O–H groups in total. The third kappa shape index (κ3) is 8.58. The van der Waals surface area contributed by atoms with E-state index in [0.717, 1.165) is 63.1 Å². The van der Waals surface area contributed by atoms with E-state index in [1.807, 2.05) is 38.1 Å². The van der Waals surface area contributed by atoms with Gasteiger partial charge in [-0.05, 0) is 38.5 Å². The number of benzene rings is 1. The normalized spacial score (nSPS) is 15.4. The molecule has 0 atom stereocenters. The largest absolute Gasteiger partial charge is 0.379 e. The maximum absolute atomic E-state index is 11.7. The first kappa shape index (κ1) is 22.0. The highest BCUT2D eigenvalue weighted by atomic mass is 16.5. The molecule has 1 fully saturated rings. The lowest BCUT2D eigenvalue weighted by Crippen LogP contribution is -2.44. The summed E-state index contributed by atoms with van der Waals surface area (Å²) in [7, 11) is 0. The van der Waals surface area contributed by atoms with Crippen LogP contribution in [-0.2, 0) is 11.3 Å². The molecule has 0 unspecified atom stereocenters. The van der Waals surface area contributed by atoms with E-state index in [1.54, 1.807) is 0 Å². The topological polar surface area (TPSA) is 90.0 Å². The standard InChI is InChI=1S/C20H34N6O2/c1-4-21-19(22-9-10-26-11-13-28-14-12-26)23-15-17-5-7-18(8-6-17)25-20(27)24-16(2)3/h5-8,16H,4,9-15H2,1-3H3,(H2,21,22,23)(H2,24,25,27). The molecule has 1 aliphatic rings. The lowest BCUT2D eigenvalue weighted by atomic mass is 10.2. The van der Waals surface area contributed by atoms with E-state index in [1.165, 1.54) is 0 Å². The number of amides is 2. The van der Waals surface area contributed by atoms with Gasteiger partial charge in [0.15, 0.2) is 5.96 Å². The molecule has 2 amide bonds. The van der Waals surface area contributed by atoms with Gasteiger partial charge in [-0.1, -0.05) is 12.1 Å². The van der Waals surface area contributed by atoms with Crippen LogP contribution >= 0.6 is 0 Å². The molecule has 1 aliphatic heterocycles. The van der Waals surface area contributed by atoms with E-state index in [-0.39, 0.29) is 12.1 Å². The van der Waals surface area contributed by atoms with Crippen LogP contribution in [0.15, 0.2) is 29.3 Å². The summed E-state index contributed by atoms with van der Waals surface area (Å²) in [5.41, 5.74) is 1.85. The molecule has 0 radical (unpaired) electrons. The molecule has 0 bridgehead atoms. The number of hydrogen-bond acceptors (Lipinski definition) is 4. The van der Waals surface area contributed by atoms with Gasteiger partial charge in [-0.25, -0.2) is 9.79 Å². The summed E-state index contributed by atoms with van der Waals surface area (Å²) in [6.45, 7) is 12.7. The van der Waals surface area contributed by atoms with Crippen molar-refractivity contribution in [3.05, 3.63) is 29.8 Å². The maximum atomic E-state index is 11.7. The lowest BCUT2D eigenvalue weighted by molar-refractivity contribution is 0.0389. The summed E-state index contributed by atoms with van der Waals surface area (Å²) in [5, 5.41) is 12.3. The first-order valence-corrected chi connectivity index (χ1v) is 10.1. The van der Waals surface area contributed by atoms with Gasteiger partial charge >= 0.3 is 6.03 Å². The van der Waals surface area contributed by atoms with Crippen LogP contribution in [0.4, 0.5) is 10.5 Å². The van der Waals surface area contributed by atoms with Gasteiger partial charge in [0.1, 0.15) is 0 Å². The third-order valence-corrected chi connectivity index (χ3v) is 4.22. The number of carbonyl (C=O) groups is 1. The van der Waals surface area contributed by atoms with Crippen molar-refractivity contribution in [1.29, 1.82) is 0 Å². The Labute approximate surface area is 168 Å². The van der Waals surface area contributed by atoms with Crippen molar-refractivity contribution in [3.63, 3.8) is 0 Å². The van der Waals surface area contributed by atoms with E-state index in [9.17, 15) is 4.79 Å². The summed E-state index contributed by atoms with van der Waals surface area (Å²) in [5.74, 6) is 0.814. The van der Waals surface area contributed by atoms with Gasteiger partial charge in [0, 0.05) is 44.5 Å². The lowest BCUT2D eigenvalue weighted by Gasteiger charge is -2.26. The highest BCUT2D eigenvalue weighted by Gasteiger charge is 2.09. The minimum Gasteiger partial charge on any atom is -0.379 e. The molecule has 8 nitrogen and oxygen atoms in total. The number of nitrogens with one attached hydrogen (secondary N) is 4. The summed E-state index contributed by atoms with van der Waals surface area (Å²) < 4.78 is 5.37. The average Bonchev–Trinajstić information content (AvgIpc) is 2.67. The van der Waals surface area contributed by atoms with Crippen molar-refractivity contribution in [1.82, 2.24) is 20.9 Å². The van der Waals surface area contributed by atoms with Crippen LogP contribution in [0, 0.1) is 0 Å². The fraction of sp³-hybridized carbons (Fsp3) is 0.600. The molecule has 0 spiro atoms. The molecule has 156 valence electrons. The molecular formula is C20H34N6O2. The fourth-order valence-electron chi connectivity index (χ4n) is 2.79. The zero-order valence-electron chi connectivity index (χ0n) is 17.3. The molecule has 1 heterocycles. The van der Waals surface area contributed by atoms with Gasteiger partial charge in [0.05, 0.1) is 19.8 Å².